The number of halogens is 3. The fourth-order valence-electron chi connectivity index (χ4n) is 0. The average Bonchev–Trinajstić information content (AvgIpc) is 1.36. The summed E-state index contributed by atoms with van der Waals surface area (Å²) in [5.74, 6) is 0. The molecule has 0 radical (unpaired) electrons. The Kier molecular flexibility index (Phi) is 2.44. The topological polar surface area (TPSA) is 17.1 Å². The minimum atomic E-state index is -2.05. The zero-order valence-electron chi connectivity index (χ0n) is 2.62. The molecule has 0 saturated heterocycles. The Bertz CT molecular complexity index is 62.6. The standard InChI is InChI=1S/C2HCl2FO/c3-1(5)2(4)6/h1H/t1-/m0/s1. The highest BCUT2D eigenvalue weighted by Gasteiger charge is 2.06. The lowest BCUT2D eigenvalue weighted by atomic mass is 10.9. The molecule has 1 nitrogen and oxygen atoms in total. The molecule has 0 unspecified atom stereocenters. The van der Waals surface area contributed by atoms with Crippen LogP contribution in [-0.4, -0.2) is 10.9 Å². The Morgan fingerprint density at radius 1 is 1.83 bits per heavy atom. The molecule has 0 aliphatic heterocycles. The van der Waals surface area contributed by atoms with Gasteiger partial charge < -0.3 is 0 Å². The van der Waals surface area contributed by atoms with E-state index in [0.29, 0.717) is 0 Å². The zero-order chi connectivity index (χ0) is 5.15. The van der Waals surface area contributed by atoms with Crippen LogP contribution in [-0.2, 0) is 4.79 Å². The molecule has 6 heavy (non-hydrogen) atoms. The summed E-state index contributed by atoms with van der Waals surface area (Å²) in [6.45, 7) is 0. The van der Waals surface area contributed by atoms with Crippen molar-refractivity contribution in [3.05, 3.63) is 0 Å². The van der Waals surface area contributed by atoms with Crippen molar-refractivity contribution in [1.82, 2.24) is 0 Å². The molecule has 0 saturated carbocycles. The second-order valence-corrected chi connectivity index (χ2v) is 1.36. The fraction of sp³-hybridized carbons (Fsp3) is 0.500. The van der Waals surface area contributed by atoms with Crippen LogP contribution in [0.5, 0.6) is 0 Å². The number of rotatable bonds is 1. The van der Waals surface area contributed by atoms with Crippen LogP contribution >= 0.6 is 23.2 Å². The van der Waals surface area contributed by atoms with E-state index in [1.807, 2.05) is 0 Å². The summed E-state index contributed by atoms with van der Waals surface area (Å²) in [6.07, 6.45) is 0. The molecule has 0 rings (SSSR count). The van der Waals surface area contributed by atoms with E-state index in [1.165, 1.54) is 0 Å². The maximum atomic E-state index is 11.1. The highest BCUT2D eigenvalue weighted by atomic mass is 35.5. The molecule has 0 aromatic rings. The molecule has 0 amide bonds. The molecule has 0 aromatic heterocycles. The Morgan fingerprint density at radius 2 is 2.00 bits per heavy atom. The van der Waals surface area contributed by atoms with Gasteiger partial charge in [0, 0.05) is 0 Å². The summed E-state index contributed by atoms with van der Waals surface area (Å²) in [5.41, 5.74) is -2.05. The van der Waals surface area contributed by atoms with Gasteiger partial charge in [0.05, 0.1) is 0 Å². The van der Waals surface area contributed by atoms with Gasteiger partial charge in [-0.25, -0.2) is 4.39 Å². The second kappa shape index (κ2) is 2.37. The van der Waals surface area contributed by atoms with Gasteiger partial charge >= 0.3 is 0 Å². The van der Waals surface area contributed by atoms with E-state index in [9.17, 15) is 9.18 Å². The van der Waals surface area contributed by atoms with Crippen LogP contribution in [0, 0.1) is 0 Å². The lowest BCUT2D eigenvalue weighted by molar-refractivity contribution is -0.113. The number of alkyl halides is 2. The predicted molar refractivity (Wildman–Crippen MR) is 21.6 cm³/mol. The molecule has 0 aliphatic rings. The summed E-state index contributed by atoms with van der Waals surface area (Å²) in [6, 6.07) is 0. The molecule has 0 aromatic carbocycles. The zero-order valence-corrected chi connectivity index (χ0v) is 4.13. The summed E-state index contributed by atoms with van der Waals surface area (Å²) >= 11 is 8.93. The van der Waals surface area contributed by atoms with Gasteiger partial charge in [0.25, 0.3) is 5.24 Å². The van der Waals surface area contributed by atoms with Crippen LogP contribution in [0.3, 0.4) is 0 Å². The molecule has 0 aliphatic carbocycles. The van der Waals surface area contributed by atoms with Crippen LogP contribution in [0.25, 0.3) is 0 Å². The van der Waals surface area contributed by atoms with E-state index >= 15 is 0 Å². The van der Waals surface area contributed by atoms with E-state index in [1.54, 1.807) is 0 Å². The van der Waals surface area contributed by atoms with Crippen molar-refractivity contribution in [3.63, 3.8) is 0 Å². The maximum absolute atomic E-state index is 11.1. The fourth-order valence-corrected chi connectivity index (χ4v) is 0. The summed E-state index contributed by atoms with van der Waals surface area (Å²) in [5, 5.41) is -1.17. The van der Waals surface area contributed by atoms with E-state index < -0.39 is 10.9 Å². The van der Waals surface area contributed by atoms with Crippen LogP contribution in [0.15, 0.2) is 0 Å². The predicted octanol–water partition coefficient (Wildman–Crippen LogP) is 1.29. The van der Waals surface area contributed by atoms with Crippen molar-refractivity contribution in [3.8, 4) is 0 Å². The first-order chi connectivity index (χ1) is 2.64. The quantitative estimate of drug-likeness (QED) is 0.387. The Morgan fingerprint density at radius 3 is 2.00 bits per heavy atom. The van der Waals surface area contributed by atoms with Crippen LogP contribution < -0.4 is 0 Å². The second-order valence-electron chi connectivity index (χ2n) is 0.605. The normalized spacial score (nSPS) is 13.8. The number of hydrogen-bond acceptors (Lipinski definition) is 1. The Balaban J connectivity index is 3.26. The SMILES string of the molecule is O=C(Cl)[C@H](F)Cl. The molecule has 1 atom stereocenters. The van der Waals surface area contributed by atoms with Gasteiger partial charge in [-0.1, -0.05) is 11.6 Å². The van der Waals surface area contributed by atoms with Crippen molar-refractivity contribution in [1.29, 1.82) is 0 Å². The van der Waals surface area contributed by atoms with Crippen LogP contribution in [0.2, 0.25) is 0 Å². The lowest BCUT2D eigenvalue weighted by Gasteiger charge is -1.81. The highest BCUT2D eigenvalue weighted by molar-refractivity contribution is 6.68. The van der Waals surface area contributed by atoms with Crippen molar-refractivity contribution < 1.29 is 9.18 Å². The smallest absolute Gasteiger partial charge is 0.271 e. The Hall–Kier alpha value is 0.180. The van der Waals surface area contributed by atoms with E-state index in [4.69, 9.17) is 0 Å². The first kappa shape index (κ1) is 6.18. The van der Waals surface area contributed by atoms with Gasteiger partial charge in [-0.3, -0.25) is 4.79 Å². The van der Waals surface area contributed by atoms with E-state index in [-0.39, 0.29) is 0 Å². The van der Waals surface area contributed by atoms with Crippen molar-refractivity contribution in [2.45, 2.75) is 5.63 Å². The monoisotopic (exact) mass is 130 g/mol. The minimum absolute atomic E-state index is 1.17. The molecule has 0 bridgehead atoms. The third-order valence-corrected chi connectivity index (χ3v) is 0.673. The molecular weight excluding hydrogens is 130 g/mol. The maximum Gasteiger partial charge on any atom is 0.271 e. The highest BCUT2D eigenvalue weighted by Crippen LogP contribution is 1.99. The molecule has 0 fully saturated rings. The van der Waals surface area contributed by atoms with Gasteiger partial charge in [0.1, 0.15) is 0 Å². The number of hydrogen-bond donors (Lipinski definition) is 0. The molecule has 0 N–H and O–H groups in total. The largest absolute Gasteiger partial charge is 0.276 e. The Labute approximate surface area is 44.0 Å². The molecular formula is C2HCl2FO. The number of carbonyl (C=O) groups excluding carboxylic acids is 1. The molecule has 0 spiro atoms. The number of carbonyl (C=O) groups is 1. The molecule has 0 heterocycles. The van der Waals surface area contributed by atoms with Crippen molar-refractivity contribution in [2.24, 2.45) is 0 Å². The average molecular weight is 131 g/mol. The van der Waals surface area contributed by atoms with E-state index in [2.05, 4.69) is 23.2 Å². The van der Waals surface area contributed by atoms with Crippen molar-refractivity contribution >= 4 is 28.4 Å². The lowest BCUT2D eigenvalue weighted by Crippen LogP contribution is -1.97. The van der Waals surface area contributed by atoms with Gasteiger partial charge in [-0.15, -0.1) is 0 Å². The van der Waals surface area contributed by atoms with Gasteiger partial charge in [-0.05, 0) is 11.6 Å². The van der Waals surface area contributed by atoms with Gasteiger partial charge in [0.15, 0.2) is 0 Å². The first-order valence-electron chi connectivity index (χ1n) is 1.12. The summed E-state index contributed by atoms with van der Waals surface area (Å²) in [4.78, 5) is 9.40. The summed E-state index contributed by atoms with van der Waals surface area (Å²) < 4.78 is 11.1. The summed E-state index contributed by atoms with van der Waals surface area (Å²) in [7, 11) is 0. The first-order valence-corrected chi connectivity index (χ1v) is 1.93. The van der Waals surface area contributed by atoms with Crippen LogP contribution in [0.1, 0.15) is 0 Å². The van der Waals surface area contributed by atoms with E-state index in [0.717, 1.165) is 0 Å². The molecule has 36 valence electrons. The van der Waals surface area contributed by atoms with Crippen LogP contribution in [0.4, 0.5) is 4.39 Å². The minimum Gasteiger partial charge on any atom is -0.276 e. The third-order valence-electron chi connectivity index (χ3n) is 0.172. The van der Waals surface area contributed by atoms with Crippen molar-refractivity contribution in [2.75, 3.05) is 0 Å². The van der Waals surface area contributed by atoms with Gasteiger partial charge in [-0.2, -0.15) is 0 Å². The third kappa shape index (κ3) is 2.42. The molecule has 4 heteroatoms. The van der Waals surface area contributed by atoms with Gasteiger partial charge in [0.2, 0.25) is 5.63 Å².